The molecule has 1 amide bonds. The fourth-order valence-corrected chi connectivity index (χ4v) is 3.09. The molecule has 5 nitrogen and oxygen atoms in total. The molecule has 136 valence electrons. The Bertz CT molecular complexity index is 894. The van der Waals surface area contributed by atoms with Crippen LogP contribution in [0.3, 0.4) is 0 Å². The van der Waals surface area contributed by atoms with Crippen molar-refractivity contribution < 1.29 is 22.4 Å². The number of benzene rings is 1. The molecule has 1 atom stereocenters. The third kappa shape index (κ3) is 4.16. The average molecular weight is 381 g/mol. The third-order valence-electron chi connectivity index (χ3n) is 3.51. The summed E-state index contributed by atoms with van der Waals surface area (Å²) in [6.45, 7) is 1.80. The SMILES string of the molecule is CC[C@H](Sc1nc2ncccc2o1)C(=O)Nc1cccc(C(F)(F)F)c1. The van der Waals surface area contributed by atoms with Gasteiger partial charge in [-0.15, -0.1) is 0 Å². The molecule has 0 saturated carbocycles. The number of rotatable bonds is 5. The summed E-state index contributed by atoms with van der Waals surface area (Å²) in [7, 11) is 0. The van der Waals surface area contributed by atoms with E-state index in [4.69, 9.17) is 4.42 Å². The summed E-state index contributed by atoms with van der Waals surface area (Å²) in [5, 5.41) is 2.23. The maximum Gasteiger partial charge on any atom is 0.416 e. The Morgan fingerprint density at radius 1 is 1.31 bits per heavy atom. The van der Waals surface area contributed by atoms with Crippen molar-refractivity contribution in [2.75, 3.05) is 5.32 Å². The van der Waals surface area contributed by atoms with Gasteiger partial charge in [-0.1, -0.05) is 24.8 Å². The summed E-state index contributed by atoms with van der Waals surface area (Å²) in [5.41, 5.74) is 0.204. The van der Waals surface area contributed by atoms with E-state index in [1.165, 1.54) is 12.1 Å². The Balaban J connectivity index is 1.73. The van der Waals surface area contributed by atoms with Crippen LogP contribution in [0.2, 0.25) is 0 Å². The lowest BCUT2D eigenvalue weighted by molar-refractivity contribution is -0.137. The van der Waals surface area contributed by atoms with Crippen molar-refractivity contribution in [3.8, 4) is 0 Å². The lowest BCUT2D eigenvalue weighted by Gasteiger charge is -2.14. The number of nitrogens with zero attached hydrogens (tertiary/aromatic N) is 2. The van der Waals surface area contributed by atoms with Crippen molar-refractivity contribution in [2.45, 2.75) is 30.0 Å². The number of hydrogen-bond acceptors (Lipinski definition) is 5. The van der Waals surface area contributed by atoms with Gasteiger partial charge < -0.3 is 9.73 Å². The monoisotopic (exact) mass is 381 g/mol. The number of oxazole rings is 1. The second-order valence-corrected chi connectivity index (χ2v) is 6.54. The van der Waals surface area contributed by atoms with E-state index in [-0.39, 0.29) is 10.9 Å². The lowest BCUT2D eigenvalue weighted by atomic mass is 10.2. The van der Waals surface area contributed by atoms with E-state index in [0.29, 0.717) is 17.7 Å². The van der Waals surface area contributed by atoms with Gasteiger partial charge in [0.2, 0.25) is 5.91 Å². The van der Waals surface area contributed by atoms with Gasteiger partial charge in [0.15, 0.2) is 11.2 Å². The van der Waals surface area contributed by atoms with Crippen molar-refractivity contribution in [2.24, 2.45) is 0 Å². The third-order valence-corrected chi connectivity index (χ3v) is 4.72. The number of anilines is 1. The number of halogens is 3. The average Bonchev–Trinajstić information content (AvgIpc) is 3.01. The van der Waals surface area contributed by atoms with Crippen LogP contribution < -0.4 is 5.32 Å². The summed E-state index contributed by atoms with van der Waals surface area (Å²) in [5.74, 6) is -0.424. The van der Waals surface area contributed by atoms with Crippen LogP contribution >= 0.6 is 11.8 Å². The topological polar surface area (TPSA) is 68.0 Å². The first-order chi connectivity index (χ1) is 12.4. The van der Waals surface area contributed by atoms with Gasteiger partial charge in [-0.3, -0.25) is 4.79 Å². The van der Waals surface area contributed by atoms with E-state index in [2.05, 4.69) is 15.3 Å². The van der Waals surface area contributed by atoms with Crippen LogP contribution in [0.15, 0.2) is 52.2 Å². The highest BCUT2D eigenvalue weighted by atomic mass is 32.2. The number of fused-ring (bicyclic) bond motifs is 1. The van der Waals surface area contributed by atoms with Crippen LogP contribution in [-0.4, -0.2) is 21.1 Å². The van der Waals surface area contributed by atoms with Crippen LogP contribution in [0.5, 0.6) is 0 Å². The minimum Gasteiger partial charge on any atom is -0.430 e. The molecular weight excluding hydrogens is 367 g/mol. The van der Waals surface area contributed by atoms with Crippen molar-refractivity contribution >= 4 is 34.6 Å². The van der Waals surface area contributed by atoms with Crippen LogP contribution in [0.25, 0.3) is 11.2 Å². The molecule has 26 heavy (non-hydrogen) atoms. The standard InChI is InChI=1S/C17H14F3N3O2S/c1-2-13(26-16-23-14-12(25-16)7-4-8-21-14)15(24)22-11-6-3-5-10(9-11)17(18,19)20/h3-9,13H,2H2,1H3,(H,22,24)/t13-/m0/s1. The van der Waals surface area contributed by atoms with E-state index in [9.17, 15) is 18.0 Å². The predicted molar refractivity (Wildman–Crippen MR) is 91.8 cm³/mol. The quantitative estimate of drug-likeness (QED) is 0.646. The van der Waals surface area contributed by atoms with Gasteiger partial charge in [0.1, 0.15) is 0 Å². The van der Waals surface area contributed by atoms with Gasteiger partial charge >= 0.3 is 6.18 Å². The minimum absolute atomic E-state index is 0.0862. The fraction of sp³-hybridized carbons (Fsp3) is 0.235. The molecule has 1 aromatic carbocycles. The number of nitrogens with one attached hydrogen (secondary N) is 1. The molecule has 0 bridgehead atoms. The minimum atomic E-state index is -4.47. The summed E-state index contributed by atoms with van der Waals surface area (Å²) in [4.78, 5) is 20.7. The number of carbonyl (C=O) groups excluding carboxylic acids is 1. The number of thioether (sulfide) groups is 1. The number of pyridine rings is 1. The maximum absolute atomic E-state index is 12.8. The molecule has 3 rings (SSSR count). The van der Waals surface area contributed by atoms with E-state index in [1.807, 2.05) is 0 Å². The van der Waals surface area contributed by atoms with Gasteiger partial charge in [0.25, 0.3) is 5.22 Å². The molecule has 3 aromatic rings. The highest BCUT2D eigenvalue weighted by Gasteiger charge is 2.30. The number of amides is 1. The lowest BCUT2D eigenvalue weighted by Crippen LogP contribution is -2.24. The fourth-order valence-electron chi connectivity index (χ4n) is 2.24. The largest absolute Gasteiger partial charge is 0.430 e. The molecule has 2 aromatic heterocycles. The molecule has 9 heteroatoms. The molecular formula is C17H14F3N3O2S. The Labute approximate surface area is 151 Å². The molecule has 0 aliphatic rings. The first kappa shape index (κ1) is 18.2. The Hall–Kier alpha value is -2.55. The van der Waals surface area contributed by atoms with E-state index >= 15 is 0 Å². The van der Waals surface area contributed by atoms with Gasteiger partial charge in [-0.05, 0) is 36.8 Å². The normalized spacial score (nSPS) is 12.9. The second kappa shape index (κ2) is 7.36. The van der Waals surface area contributed by atoms with Crippen LogP contribution in [-0.2, 0) is 11.0 Å². The van der Waals surface area contributed by atoms with Crippen LogP contribution in [0.4, 0.5) is 18.9 Å². The van der Waals surface area contributed by atoms with Gasteiger partial charge in [-0.25, -0.2) is 4.98 Å². The number of hydrogen-bond donors (Lipinski definition) is 1. The van der Waals surface area contributed by atoms with Crippen molar-refractivity contribution in [1.82, 2.24) is 9.97 Å². The smallest absolute Gasteiger partial charge is 0.416 e. The van der Waals surface area contributed by atoms with Crippen molar-refractivity contribution in [1.29, 1.82) is 0 Å². The number of carbonyl (C=O) groups is 1. The van der Waals surface area contributed by atoms with Crippen molar-refractivity contribution in [3.63, 3.8) is 0 Å². The Kier molecular flexibility index (Phi) is 5.17. The summed E-state index contributed by atoms with van der Waals surface area (Å²) in [6, 6.07) is 7.93. The number of aromatic nitrogens is 2. The highest BCUT2D eigenvalue weighted by Crippen LogP contribution is 2.32. The molecule has 1 N–H and O–H groups in total. The van der Waals surface area contributed by atoms with Gasteiger partial charge in [0, 0.05) is 11.9 Å². The van der Waals surface area contributed by atoms with Crippen LogP contribution in [0.1, 0.15) is 18.9 Å². The van der Waals surface area contributed by atoms with Gasteiger partial charge in [-0.2, -0.15) is 18.2 Å². The zero-order valence-electron chi connectivity index (χ0n) is 13.6. The summed E-state index contributed by atoms with van der Waals surface area (Å²) < 4.78 is 43.9. The Morgan fingerprint density at radius 3 is 2.81 bits per heavy atom. The molecule has 0 aliphatic carbocycles. The van der Waals surface area contributed by atoms with Gasteiger partial charge in [0.05, 0.1) is 10.8 Å². The summed E-state index contributed by atoms with van der Waals surface area (Å²) >= 11 is 1.10. The van der Waals surface area contributed by atoms with Crippen LogP contribution in [0, 0.1) is 0 Å². The first-order valence-corrected chi connectivity index (χ1v) is 8.61. The predicted octanol–water partition coefficient (Wildman–Crippen LogP) is 4.75. The maximum atomic E-state index is 12.8. The molecule has 2 heterocycles. The van der Waals surface area contributed by atoms with E-state index in [1.54, 1.807) is 25.3 Å². The molecule has 0 radical (unpaired) electrons. The zero-order valence-corrected chi connectivity index (χ0v) is 14.4. The molecule has 0 saturated heterocycles. The summed E-state index contributed by atoms with van der Waals surface area (Å²) in [6.07, 6.45) is -2.44. The Morgan fingerprint density at radius 2 is 2.12 bits per heavy atom. The van der Waals surface area contributed by atoms with Crippen molar-refractivity contribution in [3.05, 3.63) is 48.2 Å². The van der Waals surface area contributed by atoms with E-state index in [0.717, 1.165) is 23.9 Å². The highest BCUT2D eigenvalue weighted by molar-refractivity contribution is 8.00. The molecule has 0 spiro atoms. The first-order valence-electron chi connectivity index (χ1n) is 7.73. The van der Waals surface area contributed by atoms with E-state index < -0.39 is 22.9 Å². The molecule has 0 aliphatic heterocycles. The molecule has 0 fully saturated rings. The number of alkyl halides is 3. The molecule has 0 unspecified atom stereocenters. The second-order valence-electron chi connectivity index (χ2n) is 5.39. The zero-order chi connectivity index (χ0) is 18.7.